The zero-order valence-electron chi connectivity index (χ0n) is 16.9. The van der Waals surface area contributed by atoms with E-state index in [1.54, 1.807) is 12.1 Å². The molecule has 1 aliphatic heterocycles. The monoisotopic (exact) mass is 439 g/mol. The first kappa shape index (κ1) is 21.1. The molecule has 31 heavy (non-hydrogen) atoms. The first-order chi connectivity index (χ1) is 15.0. The minimum Gasteiger partial charge on any atom is -0.352 e. The number of carbonyl (C=O) groups excluding carboxylic acids is 2. The van der Waals surface area contributed by atoms with Gasteiger partial charge >= 0.3 is 0 Å². The number of rotatable bonds is 6. The van der Waals surface area contributed by atoms with E-state index in [2.05, 4.69) is 9.88 Å². The Balaban J connectivity index is 1.41. The largest absolute Gasteiger partial charge is 0.352 e. The third kappa shape index (κ3) is 4.97. The van der Waals surface area contributed by atoms with Crippen LogP contribution in [0.4, 0.5) is 4.39 Å². The van der Waals surface area contributed by atoms with E-state index in [9.17, 15) is 14.0 Å². The molecule has 2 heterocycles. The minimum absolute atomic E-state index is 0.0747. The summed E-state index contributed by atoms with van der Waals surface area (Å²) in [7, 11) is 0. The number of halogens is 2. The molecule has 0 bridgehead atoms. The molecule has 0 radical (unpaired) electrons. The van der Waals surface area contributed by atoms with Gasteiger partial charge in [0.15, 0.2) is 0 Å². The van der Waals surface area contributed by atoms with Crippen molar-refractivity contribution in [3.05, 3.63) is 94.5 Å². The molecule has 160 valence electrons. The number of nitrogens with one attached hydrogen (secondary N) is 1. The Morgan fingerprint density at radius 3 is 2.61 bits per heavy atom. The van der Waals surface area contributed by atoms with Crippen molar-refractivity contribution in [3.8, 4) is 0 Å². The van der Waals surface area contributed by atoms with Gasteiger partial charge in [0.05, 0.1) is 6.04 Å². The second-order valence-electron chi connectivity index (χ2n) is 7.57. The Hall–Kier alpha value is -3.12. The van der Waals surface area contributed by atoms with Gasteiger partial charge in [-0.05, 0) is 47.5 Å². The third-order valence-electron chi connectivity index (χ3n) is 5.49. The van der Waals surface area contributed by atoms with Crippen molar-refractivity contribution in [1.29, 1.82) is 0 Å². The van der Waals surface area contributed by atoms with Crippen molar-refractivity contribution < 1.29 is 14.0 Å². The number of nitrogens with zero attached hydrogens (tertiary/aromatic N) is 2. The Morgan fingerprint density at radius 1 is 1.03 bits per heavy atom. The van der Waals surface area contributed by atoms with Crippen LogP contribution in [0.3, 0.4) is 0 Å². The lowest BCUT2D eigenvalue weighted by atomic mass is 9.99. The molecule has 7 heteroatoms. The van der Waals surface area contributed by atoms with Crippen molar-refractivity contribution >= 4 is 23.4 Å². The van der Waals surface area contributed by atoms with Crippen LogP contribution < -0.4 is 5.32 Å². The number of fused-ring (bicyclic) bond motifs is 1. The maximum Gasteiger partial charge on any atom is 0.223 e. The summed E-state index contributed by atoms with van der Waals surface area (Å²) < 4.78 is 15.1. The van der Waals surface area contributed by atoms with Crippen LogP contribution in [-0.2, 0) is 22.7 Å². The summed E-state index contributed by atoms with van der Waals surface area (Å²) in [5.74, 6) is -0.602. The quantitative estimate of drug-likeness (QED) is 0.622. The van der Waals surface area contributed by atoms with Crippen LogP contribution >= 0.6 is 11.6 Å². The lowest BCUT2D eigenvalue weighted by Crippen LogP contribution is -2.42. The van der Waals surface area contributed by atoms with Gasteiger partial charge in [-0.15, -0.1) is 0 Å². The molecule has 1 N–H and O–H groups in total. The predicted molar refractivity (Wildman–Crippen MR) is 117 cm³/mol. The SMILES string of the molecule is O=C(CCC(=O)N1CCn2cccc2C1c1cccc(Cl)c1)NCc1ccc(F)cc1. The Bertz CT molecular complexity index is 1080. The molecule has 0 spiro atoms. The van der Waals surface area contributed by atoms with Crippen molar-refractivity contribution in [2.75, 3.05) is 6.54 Å². The molecular formula is C24H23ClFN3O2. The standard InChI is InChI=1S/C24H23ClFN3O2/c25-19-4-1-3-18(15-19)24-21-5-2-12-28(21)13-14-29(24)23(31)11-10-22(30)27-16-17-6-8-20(26)9-7-17/h1-9,12,15,24H,10-11,13-14,16H2,(H,27,30). The van der Waals surface area contributed by atoms with Gasteiger partial charge in [0, 0.05) is 49.4 Å². The topological polar surface area (TPSA) is 54.3 Å². The summed E-state index contributed by atoms with van der Waals surface area (Å²) in [5, 5.41) is 3.40. The van der Waals surface area contributed by atoms with Gasteiger partial charge in [0.2, 0.25) is 11.8 Å². The van der Waals surface area contributed by atoms with Crippen LogP contribution in [0, 0.1) is 5.82 Å². The number of amides is 2. The van der Waals surface area contributed by atoms with E-state index in [4.69, 9.17) is 11.6 Å². The van der Waals surface area contributed by atoms with E-state index in [1.165, 1.54) is 12.1 Å². The summed E-state index contributed by atoms with van der Waals surface area (Å²) in [6.07, 6.45) is 2.23. The second-order valence-corrected chi connectivity index (χ2v) is 8.01. The summed E-state index contributed by atoms with van der Waals surface area (Å²) in [6, 6.07) is 17.2. The third-order valence-corrected chi connectivity index (χ3v) is 5.73. The molecule has 1 unspecified atom stereocenters. The first-order valence-electron chi connectivity index (χ1n) is 10.2. The Labute approximate surface area is 185 Å². The molecule has 1 aromatic heterocycles. The average Bonchev–Trinajstić information content (AvgIpc) is 3.25. The van der Waals surface area contributed by atoms with E-state index < -0.39 is 0 Å². The van der Waals surface area contributed by atoms with E-state index in [0.717, 1.165) is 16.8 Å². The van der Waals surface area contributed by atoms with Crippen LogP contribution in [-0.4, -0.2) is 27.8 Å². The van der Waals surface area contributed by atoms with Gasteiger partial charge in [-0.3, -0.25) is 9.59 Å². The average molecular weight is 440 g/mol. The molecule has 0 aliphatic carbocycles. The van der Waals surface area contributed by atoms with Crippen molar-refractivity contribution in [1.82, 2.24) is 14.8 Å². The normalized spacial score (nSPS) is 15.4. The molecule has 1 atom stereocenters. The second kappa shape index (κ2) is 9.35. The summed E-state index contributed by atoms with van der Waals surface area (Å²) in [6.45, 7) is 1.58. The molecular weight excluding hydrogens is 417 g/mol. The van der Waals surface area contributed by atoms with Crippen LogP contribution in [0.2, 0.25) is 5.02 Å². The fourth-order valence-electron chi connectivity index (χ4n) is 3.93. The fourth-order valence-corrected chi connectivity index (χ4v) is 4.13. The highest BCUT2D eigenvalue weighted by Gasteiger charge is 2.32. The van der Waals surface area contributed by atoms with E-state index in [-0.39, 0.29) is 36.5 Å². The van der Waals surface area contributed by atoms with E-state index in [1.807, 2.05) is 47.5 Å². The van der Waals surface area contributed by atoms with Gasteiger partial charge in [0.1, 0.15) is 5.82 Å². The predicted octanol–water partition coefficient (Wildman–Crippen LogP) is 4.31. The van der Waals surface area contributed by atoms with Crippen molar-refractivity contribution in [3.63, 3.8) is 0 Å². The van der Waals surface area contributed by atoms with Gasteiger partial charge in [-0.1, -0.05) is 35.9 Å². The van der Waals surface area contributed by atoms with Crippen LogP contribution in [0.5, 0.6) is 0 Å². The van der Waals surface area contributed by atoms with Crippen LogP contribution in [0.1, 0.15) is 35.7 Å². The number of hydrogen-bond donors (Lipinski definition) is 1. The molecule has 1 aliphatic rings. The molecule has 0 saturated carbocycles. The highest BCUT2D eigenvalue weighted by Crippen LogP contribution is 2.34. The molecule has 4 rings (SSSR count). The van der Waals surface area contributed by atoms with Gasteiger partial charge < -0.3 is 14.8 Å². The molecule has 2 aromatic carbocycles. The maximum atomic E-state index is 13.1. The summed E-state index contributed by atoms with van der Waals surface area (Å²) in [4.78, 5) is 27.2. The number of carbonyl (C=O) groups is 2. The molecule has 2 amide bonds. The minimum atomic E-state index is -0.317. The molecule has 5 nitrogen and oxygen atoms in total. The lowest BCUT2D eigenvalue weighted by molar-refractivity contribution is -0.136. The van der Waals surface area contributed by atoms with Crippen molar-refractivity contribution in [2.24, 2.45) is 0 Å². The number of hydrogen-bond acceptors (Lipinski definition) is 2. The van der Waals surface area contributed by atoms with Crippen LogP contribution in [0.25, 0.3) is 0 Å². The highest BCUT2D eigenvalue weighted by atomic mass is 35.5. The molecule has 0 saturated heterocycles. The van der Waals surface area contributed by atoms with Crippen molar-refractivity contribution in [2.45, 2.75) is 32.0 Å². The highest BCUT2D eigenvalue weighted by molar-refractivity contribution is 6.30. The van der Waals surface area contributed by atoms with E-state index >= 15 is 0 Å². The molecule has 0 fully saturated rings. The van der Waals surface area contributed by atoms with Gasteiger partial charge in [-0.25, -0.2) is 4.39 Å². The maximum absolute atomic E-state index is 13.1. The Morgan fingerprint density at radius 2 is 1.84 bits per heavy atom. The lowest BCUT2D eigenvalue weighted by Gasteiger charge is -2.37. The zero-order chi connectivity index (χ0) is 21.8. The fraction of sp³-hybridized carbons (Fsp3) is 0.250. The zero-order valence-corrected chi connectivity index (χ0v) is 17.7. The summed E-state index contributed by atoms with van der Waals surface area (Å²) >= 11 is 6.21. The molecule has 3 aromatic rings. The number of benzene rings is 2. The Kier molecular flexibility index (Phi) is 6.37. The van der Waals surface area contributed by atoms with Gasteiger partial charge in [0.25, 0.3) is 0 Å². The smallest absolute Gasteiger partial charge is 0.223 e. The first-order valence-corrected chi connectivity index (χ1v) is 10.6. The van der Waals surface area contributed by atoms with Gasteiger partial charge in [-0.2, -0.15) is 0 Å². The summed E-state index contributed by atoms with van der Waals surface area (Å²) in [5.41, 5.74) is 2.78. The number of aromatic nitrogens is 1. The van der Waals surface area contributed by atoms with E-state index in [0.29, 0.717) is 24.7 Å². The van der Waals surface area contributed by atoms with Crippen LogP contribution in [0.15, 0.2) is 66.9 Å².